The first-order chi connectivity index (χ1) is 11.3. The molecule has 0 radical (unpaired) electrons. The maximum absolute atomic E-state index is 5.99. The van der Waals surface area contributed by atoms with Crippen LogP contribution in [0.25, 0.3) is 44.5 Å². The number of benzene rings is 3. The lowest BCUT2D eigenvalue weighted by atomic mass is 10.1. The molecular formula is C19H10ClNO2. The quantitative estimate of drug-likeness (QED) is 0.377. The van der Waals surface area contributed by atoms with Crippen molar-refractivity contribution in [3.63, 3.8) is 0 Å². The fourth-order valence-electron chi connectivity index (χ4n) is 2.88. The number of fused-ring (bicyclic) bond motifs is 4. The molecule has 3 aromatic carbocycles. The molecule has 5 aromatic rings. The summed E-state index contributed by atoms with van der Waals surface area (Å²) in [5.74, 6) is 0.560. The van der Waals surface area contributed by atoms with Crippen LogP contribution in [0.2, 0.25) is 5.02 Å². The van der Waals surface area contributed by atoms with Crippen LogP contribution in [0.3, 0.4) is 0 Å². The Balaban J connectivity index is 1.73. The third-order valence-corrected chi connectivity index (χ3v) is 4.21. The van der Waals surface area contributed by atoms with E-state index in [4.69, 9.17) is 20.4 Å². The highest BCUT2D eigenvalue weighted by molar-refractivity contribution is 6.31. The Morgan fingerprint density at radius 1 is 0.739 bits per heavy atom. The average Bonchev–Trinajstić information content (AvgIpc) is 3.14. The normalized spacial score (nSPS) is 11.7. The molecule has 0 bridgehead atoms. The Morgan fingerprint density at radius 2 is 1.61 bits per heavy atom. The van der Waals surface area contributed by atoms with Crippen LogP contribution in [0.1, 0.15) is 0 Å². The number of para-hydroxylation sites is 1. The van der Waals surface area contributed by atoms with E-state index in [1.165, 1.54) is 0 Å². The molecule has 0 spiro atoms. The maximum Gasteiger partial charge on any atom is 0.227 e. The number of furan rings is 1. The van der Waals surface area contributed by atoms with Gasteiger partial charge in [0.1, 0.15) is 16.7 Å². The first kappa shape index (κ1) is 12.7. The number of aromatic nitrogens is 1. The average molecular weight is 320 g/mol. The highest BCUT2D eigenvalue weighted by atomic mass is 35.5. The van der Waals surface area contributed by atoms with Crippen molar-refractivity contribution in [2.45, 2.75) is 0 Å². The van der Waals surface area contributed by atoms with Crippen molar-refractivity contribution in [2.75, 3.05) is 0 Å². The summed E-state index contributed by atoms with van der Waals surface area (Å²) in [4.78, 5) is 4.52. The van der Waals surface area contributed by atoms with Gasteiger partial charge in [0.05, 0.1) is 0 Å². The lowest BCUT2D eigenvalue weighted by Crippen LogP contribution is -1.76. The molecule has 0 aliphatic rings. The van der Waals surface area contributed by atoms with E-state index in [1.807, 2.05) is 42.5 Å². The molecule has 0 aliphatic heterocycles. The minimum Gasteiger partial charge on any atom is -0.456 e. The van der Waals surface area contributed by atoms with Gasteiger partial charge < -0.3 is 8.83 Å². The Labute approximate surface area is 136 Å². The smallest absolute Gasteiger partial charge is 0.227 e. The monoisotopic (exact) mass is 319 g/mol. The van der Waals surface area contributed by atoms with Gasteiger partial charge in [-0.1, -0.05) is 29.8 Å². The number of hydrogen-bond donors (Lipinski definition) is 0. The Kier molecular flexibility index (Phi) is 2.55. The lowest BCUT2D eigenvalue weighted by Gasteiger charge is -1.95. The van der Waals surface area contributed by atoms with Crippen molar-refractivity contribution in [3.8, 4) is 11.5 Å². The zero-order valence-corrected chi connectivity index (χ0v) is 12.7. The molecule has 5 rings (SSSR count). The van der Waals surface area contributed by atoms with Crippen LogP contribution < -0.4 is 0 Å². The molecule has 0 N–H and O–H groups in total. The number of hydrogen-bond acceptors (Lipinski definition) is 3. The van der Waals surface area contributed by atoms with Crippen molar-refractivity contribution in [2.24, 2.45) is 0 Å². The molecule has 0 fully saturated rings. The summed E-state index contributed by atoms with van der Waals surface area (Å²) in [5, 5.41) is 2.83. The van der Waals surface area contributed by atoms with Gasteiger partial charge in [0.25, 0.3) is 0 Å². The Morgan fingerprint density at radius 3 is 2.57 bits per heavy atom. The molecule has 2 aromatic heterocycles. The fourth-order valence-corrected chi connectivity index (χ4v) is 3.04. The third-order valence-electron chi connectivity index (χ3n) is 3.98. The maximum atomic E-state index is 5.99. The van der Waals surface area contributed by atoms with Crippen molar-refractivity contribution < 1.29 is 8.83 Å². The lowest BCUT2D eigenvalue weighted by molar-refractivity contribution is 0.619. The molecule has 0 saturated carbocycles. The van der Waals surface area contributed by atoms with Gasteiger partial charge in [-0.15, -0.1) is 0 Å². The number of rotatable bonds is 1. The molecule has 3 nitrogen and oxygen atoms in total. The van der Waals surface area contributed by atoms with E-state index in [-0.39, 0.29) is 0 Å². The van der Waals surface area contributed by atoms with Gasteiger partial charge in [0.2, 0.25) is 5.89 Å². The Bertz CT molecular complexity index is 1190. The van der Waals surface area contributed by atoms with Gasteiger partial charge in [0, 0.05) is 27.4 Å². The van der Waals surface area contributed by atoms with E-state index in [1.54, 1.807) is 12.1 Å². The third kappa shape index (κ3) is 1.94. The van der Waals surface area contributed by atoms with Gasteiger partial charge in [0.15, 0.2) is 5.58 Å². The minimum absolute atomic E-state index is 0.560. The Hall–Kier alpha value is -2.78. The van der Waals surface area contributed by atoms with Crippen molar-refractivity contribution in [1.82, 2.24) is 4.98 Å². The summed E-state index contributed by atoms with van der Waals surface area (Å²) in [6.45, 7) is 0. The number of nitrogens with zero attached hydrogens (tertiary/aromatic N) is 1. The first-order valence-corrected chi connectivity index (χ1v) is 7.63. The largest absolute Gasteiger partial charge is 0.456 e. The fraction of sp³-hybridized carbons (Fsp3) is 0. The molecule has 0 amide bonds. The van der Waals surface area contributed by atoms with Crippen LogP contribution in [-0.2, 0) is 0 Å². The van der Waals surface area contributed by atoms with Gasteiger partial charge in [-0.2, -0.15) is 0 Å². The highest BCUT2D eigenvalue weighted by Crippen LogP contribution is 2.33. The number of oxazole rings is 1. The highest BCUT2D eigenvalue weighted by Gasteiger charge is 2.12. The summed E-state index contributed by atoms with van der Waals surface area (Å²) in [6, 6.07) is 19.4. The molecular weight excluding hydrogens is 310 g/mol. The van der Waals surface area contributed by atoms with Gasteiger partial charge in [-0.05, 0) is 36.4 Å². The predicted molar refractivity (Wildman–Crippen MR) is 91.7 cm³/mol. The molecule has 0 unspecified atom stereocenters. The zero-order chi connectivity index (χ0) is 15.4. The van der Waals surface area contributed by atoms with Crippen molar-refractivity contribution in [1.29, 1.82) is 0 Å². The van der Waals surface area contributed by atoms with Crippen LogP contribution in [0.4, 0.5) is 0 Å². The van der Waals surface area contributed by atoms with Gasteiger partial charge in [-0.25, -0.2) is 4.98 Å². The molecule has 110 valence electrons. The SMILES string of the molecule is Clc1ccc2nc(-c3ccc4c(c3)oc3ccccc34)oc2c1. The summed E-state index contributed by atoms with van der Waals surface area (Å²) in [5.41, 5.74) is 4.04. The number of halogens is 1. The summed E-state index contributed by atoms with van der Waals surface area (Å²) in [7, 11) is 0. The molecule has 23 heavy (non-hydrogen) atoms. The molecule has 2 heterocycles. The van der Waals surface area contributed by atoms with Crippen LogP contribution in [0.15, 0.2) is 69.5 Å². The molecule has 0 atom stereocenters. The van der Waals surface area contributed by atoms with E-state index < -0.39 is 0 Å². The molecule has 0 aliphatic carbocycles. The standard InChI is InChI=1S/C19H10ClNO2/c20-12-6-8-15-18(10-12)23-19(21-15)11-5-7-14-13-3-1-2-4-16(13)22-17(14)9-11/h1-10H. The summed E-state index contributed by atoms with van der Waals surface area (Å²) >= 11 is 5.99. The van der Waals surface area contributed by atoms with Crippen molar-refractivity contribution >= 4 is 44.6 Å². The van der Waals surface area contributed by atoms with E-state index in [9.17, 15) is 0 Å². The van der Waals surface area contributed by atoms with Gasteiger partial charge >= 0.3 is 0 Å². The van der Waals surface area contributed by atoms with Crippen LogP contribution in [0.5, 0.6) is 0 Å². The van der Waals surface area contributed by atoms with E-state index in [2.05, 4.69) is 11.1 Å². The zero-order valence-electron chi connectivity index (χ0n) is 11.9. The van der Waals surface area contributed by atoms with Crippen LogP contribution in [-0.4, -0.2) is 4.98 Å². The van der Waals surface area contributed by atoms with Crippen LogP contribution in [0, 0.1) is 0 Å². The van der Waals surface area contributed by atoms with E-state index >= 15 is 0 Å². The topological polar surface area (TPSA) is 39.2 Å². The van der Waals surface area contributed by atoms with E-state index in [0.717, 1.165) is 33.0 Å². The molecule has 4 heteroatoms. The van der Waals surface area contributed by atoms with Gasteiger partial charge in [-0.3, -0.25) is 0 Å². The molecule has 0 saturated heterocycles. The summed E-state index contributed by atoms with van der Waals surface area (Å²) < 4.78 is 11.7. The first-order valence-electron chi connectivity index (χ1n) is 7.26. The van der Waals surface area contributed by atoms with Crippen molar-refractivity contribution in [3.05, 3.63) is 65.7 Å². The second-order valence-electron chi connectivity index (χ2n) is 5.44. The summed E-state index contributed by atoms with van der Waals surface area (Å²) in [6.07, 6.45) is 0. The van der Waals surface area contributed by atoms with E-state index in [0.29, 0.717) is 16.5 Å². The van der Waals surface area contributed by atoms with Crippen LogP contribution >= 0.6 is 11.6 Å². The second kappa shape index (κ2) is 4.61. The second-order valence-corrected chi connectivity index (χ2v) is 5.88. The minimum atomic E-state index is 0.560. The predicted octanol–water partition coefficient (Wildman–Crippen LogP) is 6.05.